The second kappa shape index (κ2) is 8.58. The maximum atomic E-state index is 12.5. The van der Waals surface area contributed by atoms with Crippen LogP contribution in [0.15, 0.2) is 36.7 Å². The monoisotopic (exact) mass is 395 g/mol. The molecule has 26 heavy (non-hydrogen) atoms. The summed E-state index contributed by atoms with van der Waals surface area (Å²) in [6.45, 7) is 0.905. The molecule has 3 aromatic rings. The van der Waals surface area contributed by atoms with Gasteiger partial charge >= 0.3 is 0 Å². The highest BCUT2D eigenvalue weighted by atomic mass is 35.5. The number of benzene rings is 1. The molecule has 1 aliphatic heterocycles. The number of hydrogen-bond acceptors (Lipinski definition) is 3. The van der Waals surface area contributed by atoms with Crippen molar-refractivity contribution >= 4 is 47.4 Å². The lowest BCUT2D eigenvalue weighted by Crippen LogP contribution is -2.38. The third-order valence-corrected chi connectivity index (χ3v) is 4.67. The Hall–Kier alpha value is -2.02. The number of carbonyl (C=O) groups excluding carboxylic acids is 1. The van der Waals surface area contributed by atoms with Crippen LogP contribution in [-0.2, 0) is 24.2 Å². The van der Waals surface area contributed by atoms with Crippen LogP contribution in [0, 0.1) is 0 Å². The maximum Gasteiger partial charge on any atom is 0.242 e. The zero-order valence-corrected chi connectivity index (χ0v) is 15.9. The minimum absolute atomic E-state index is 0. The number of imidazole rings is 1. The Bertz CT molecular complexity index is 889. The van der Waals surface area contributed by atoms with Crippen molar-refractivity contribution in [1.82, 2.24) is 14.5 Å². The number of aromatic amines is 1. The van der Waals surface area contributed by atoms with Crippen LogP contribution in [0.25, 0.3) is 10.9 Å². The van der Waals surface area contributed by atoms with Gasteiger partial charge in [-0.25, -0.2) is 4.98 Å². The van der Waals surface area contributed by atoms with Crippen molar-refractivity contribution in [2.45, 2.75) is 38.3 Å². The van der Waals surface area contributed by atoms with Crippen LogP contribution >= 0.6 is 24.8 Å². The molecular formula is C18H23Cl2N5O. The van der Waals surface area contributed by atoms with E-state index in [1.54, 1.807) is 6.20 Å². The quantitative estimate of drug-likeness (QED) is 0.633. The molecule has 8 heteroatoms. The molecule has 2 aromatic heterocycles. The number of amides is 1. The SMILES string of the molecule is Cl.Cl.N[C@H](Cc1c[nH]c2ccccc12)C(=O)Nc1cnc2n1CCCC2. The number of fused-ring (bicyclic) bond motifs is 2. The average Bonchev–Trinajstić information content (AvgIpc) is 3.20. The van der Waals surface area contributed by atoms with Gasteiger partial charge < -0.3 is 20.6 Å². The van der Waals surface area contributed by atoms with E-state index >= 15 is 0 Å². The smallest absolute Gasteiger partial charge is 0.242 e. The van der Waals surface area contributed by atoms with Gasteiger partial charge in [0.2, 0.25) is 5.91 Å². The lowest BCUT2D eigenvalue weighted by molar-refractivity contribution is -0.117. The topological polar surface area (TPSA) is 88.7 Å². The molecule has 0 fully saturated rings. The standard InChI is InChI=1S/C18H21N5O.2ClH/c19-14(9-12-10-20-15-6-2-1-5-13(12)15)18(24)22-17-11-21-16-7-3-4-8-23(16)17;;/h1-2,5-6,10-11,14,20H,3-4,7-9,19H2,(H,22,24);2*1H/t14-;;/m1../s1. The number of rotatable bonds is 4. The number of H-pyrrole nitrogens is 1. The summed E-state index contributed by atoms with van der Waals surface area (Å²) >= 11 is 0. The Balaban J connectivity index is 0.00000121. The molecule has 1 amide bonds. The molecule has 0 unspecified atom stereocenters. The number of aromatic nitrogens is 3. The lowest BCUT2D eigenvalue weighted by atomic mass is 10.1. The van der Waals surface area contributed by atoms with Crippen LogP contribution in [0.3, 0.4) is 0 Å². The fourth-order valence-electron chi connectivity index (χ4n) is 3.36. The Labute approximate surface area is 164 Å². The van der Waals surface area contributed by atoms with Crippen LogP contribution in [0.4, 0.5) is 5.82 Å². The molecule has 3 heterocycles. The van der Waals surface area contributed by atoms with Gasteiger partial charge in [0.15, 0.2) is 0 Å². The molecule has 0 saturated carbocycles. The van der Waals surface area contributed by atoms with Crippen molar-refractivity contribution in [2.24, 2.45) is 5.73 Å². The maximum absolute atomic E-state index is 12.5. The summed E-state index contributed by atoms with van der Waals surface area (Å²) < 4.78 is 2.08. The molecule has 0 spiro atoms. The molecule has 4 rings (SSSR count). The van der Waals surface area contributed by atoms with Gasteiger partial charge in [-0.05, 0) is 30.9 Å². The first-order chi connectivity index (χ1) is 11.7. The Morgan fingerprint density at radius 2 is 2.12 bits per heavy atom. The minimum atomic E-state index is -0.598. The normalized spacial score (nSPS) is 14.0. The molecular weight excluding hydrogens is 373 g/mol. The van der Waals surface area contributed by atoms with Crippen molar-refractivity contribution in [3.05, 3.63) is 48.0 Å². The summed E-state index contributed by atoms with van der Waals surface area (Å²) in [5, 5.41) is 4.05. The first-order valence-electron chi connectivity index (χ1n) is 8.38. The number of halogens is 2. The highest BCUT2D eigenvalue weighted by Gasteiger charge is 2.20. The largest absolute Gasteiger partial charge is 0.361 e. The molecule has 1 atom stereocenters. The molecule has 6 nitrogen and oxygen atoms in total. The predicted molar refractivity (Wildman–Crippen MR) is 108 cm³/mol. The number of aryl methyl sites for hydroxylation is 1. The van der Waals surface area contributed by atoms with Gasteiger partial charge in [0.1, 0.15) is 11.6 Å². The predicted octanol–water partition coefficient (Wildman–Crippen LogP) is 3.05. The van der Waals surface area contributed by atoms with Crippen LogP contribution in [0.1, 0.15) is 24.2 Å². The summed E-state index contributed by atoms with van der Waals surface area (Å²) in [7, 11) is 0. The number of para-hydroxylation sites is 1. The number of hydrogen-bond donors (Lipinski definition) is 3. The average molecular weight is 396 g/mol. The molecule has 0 bridgehead atoms. The molecule has 1 aromatic carbocycles. The third kappa shape index (κ3) is 3.87. The molecule has 0 aliphatic carbocycles. The fourth-order valence-corrected chi connectivity index (χ4v) is 3.36. The lowest BCUT2D eigenvalue weighted by Gasteiger charge is -2.18. The van der Waals surface area contributed by atoms with E-state index in [1.165, 1.54) is 0 Å². The van der Waals surface area contributed by atoms with Gasteiger partial charge in [-0.1, -0.05) is 18.2 Å². The van der Waals surface area contributed by atoms with E-state index in [4.69, 9.17) is 5.73 Å². The number of carbonyl (C=O) groups is 1. The number of nitrogens with two attached hydrogens (primary N) is 1. The first kappa shape index (κ1) is 20.3. The van der Waals surface area contributed by atoms with Gasteiger partial charge in [0.25, 0.3) is 0 Å². The van der Waals surface area contributed by atoms with E-state index in [1.807, 2.05) is 30.5 Å². The summed E-state index contributed by atoms with van der Waals surface area (Å²) in [4.78, 5) is 20.1. The first-order valence-corrected chi connectivity index (χ1v) is 8.38. The van der Waals surface area contributed by atoms with Crippen molar-refractivity contribution < 1.29 is 4.79 Å². The van der Waals surface area contributed by atoms with Crippen LogP contribution in [0.5, 0.6) is 0 Å². The molecule has 0 saturated heterocycles. The molecule has 1 aliphatic rings. The molecule has 140 valence electrons. The number of anilines is 1. The Morgan fingerprint density at radius 1 is 1.31 bits per heavy atom. The van der Waals surface area contributed by atoms with E-state index in [-0.39, 0.29) is 30.7 Å². The summed E-state index contributed by atoms with van der Waals surface area (Å²) in [5.41, 5.74) is 8.26. The minimum Gasteiger partial charge on any atom is -0.361 e. The third-order valence-electron chi connectivity index (χ3n) is 4.67. The highest BCUT2D eigenvalue weighted by molar-refractivity contribution is 5.94. The van der Waals surface area contributed by atoms with E-state index < -0.39 is 6.04 Å². The van der Waals surface area contributed by atoms with Crippen molar-refractivity contribution in [2.75, 3.05) is 5.32 Å². The van der Waals surface area contributed by atoms with Crippen molar-refractivity contribution in [3.8, 4) is 0 Å². The summed E-state index contributed by atoms with van der Waals surface area (Å²) in [6, 6.07) is 7.43. The van der Waals surface area contributed by atoms with Crippen LogP contribution in [0.2, 0.25) is 0 Å². The summed E-state index contributed by atoms with van der Waals surface area (Å²) in [6.07, 6.45) is 7.40. The van der Waals surface area contributed by atoms with Crippen molar-refractivity contribution in [3.63, 3.8) is 0 Å². The van der Waals surface area contributed by atoms with Crippen LogP contribution in [-0.4, -0.2) is 26.5 Å². The van der Waals surface area contributed by atoms with Crippen LogP contribution < -0.4 is 11.1 Å². The van der Waals surface area contributed by atoms with E-state index in [0.29, 0.717) is 6.42 Å². The Morgan fingerprint density at radius 3 is 2.96 bits per heavy atom. The van der Waals surface area contributed by atoms with Gasteiger partial charge in [0, 0.05) is 30.1 Å². The van der Waals surface area contributed by atoms with Gasteiger partial charge in [-0.2, -0.15) is 0 Å². The zero-order valence-electron chi connectivity index (χ0n) is 14.3. The van der Waals surface area contributed by atoms with Gasteiger partial charge in [-0.15, -0.1) is 24.8 Å². The summed E-state index contributed by atoms with van der Waals surface area (Å²) in [5.74, 6) is 1.62. The second-order valence-electron chi connectivity index (χ2n) is 6.33. The second-order valence-corrected chi connectivity index (χ2v) is 6.33. The number of nitrogens with zero attached hydrogens (tertiary/aromatic N) is 2. The highest BCUT2D eigenvalue weighted by Crippen LogP contribution is 2.21. The fraction of sp³-hybridized carbons (Fsp3) is 0.333. The van der Waals surface area contributed by atoms with Gasteiger partial charge in [-0.3, -0.25) is 4.79 Å². The molecule has 0 radical (unpaired) electrons. The van der Waals surface area contributed by atoms with E-state index in [0.717, 1.165) is 53.9 Å². The Kier molecular flexibility index (Phi) is 6.69. The van der Waals surface area contributed by atoms with E-state index in [2.05, 4.69) is 19.9 Å². The van der Waals surface area contributed by atoms with Crippen molar-refractivity contribution in [1.29, 1.82) is 0 Å². The zero-order chi connectivity index (χ0) is 16.5. The van der Waals surface area contributed by atoms with Gasteiger partial charge in [0.05, 0.1) is 12.2 Å². The van der Waals surface area contributed by atoms with E-state index in [9.17, 15) is 4.79 Å². The number of nitrogens with one attached hydrogen (secondary N) is 2. The molecule has 4 N–H and O–H groups in total.